The first-order valence-electron chi connectivity index (χ1n) is 8.89. The molecule has 0 amide bonds. The van der Waals surface area contributed by atoms with Crippen molar-refractivity contribution in [3.05, 3.63) is 17.7 Å². The molecule has 1 aliphatic heterocycles. The molecule has 12 heteroatoms. The number of nitrogens with zero attached hydrogens (tertiary/aromatic N) is 3. The predicted molar refractivity (Wildman–Crippen MR) is 112 cm³/mol. The number of halogens is 3. The monoisotopic (exact) mass is 449 g/mol. The molecule has 2 aromatic rings. The van der Waals surface area contributed by atoms with Crippen LogP contribution in [-0.2, 0) is 27.2 Å². The maximum Gasteiger partial charge on any atom is 0.497 e. The van der Waals surface area contributed by atoms with Gasteiger partial charge >= 0.3 is 13.3 Å². The van der Waals surface area contributed by atoms with E-state index in [0.717, 1.165) is 8.39 Å². The van der Waals surface area contributed by atoms with Crippen LogP contribution in [0.15, 0.2) is 12.1 Å². The Balaban J connectivity index is 2.26. The van der Waals surface area contributed by atoms with Gasteiger partial charge in [-0.15, -0.1) is 8.81 Å². The van der Waals surface area contributed by atoms with E-state index in [-0.39, 0.29) is 11.3 Å². The van der Waals surface area contributed by atoms with E-state index in [1.165, 1.54) is 6.26 Å². The van der Waals surface area contributed by atoms with Gasteiger partial charge < -0.3 is 13.9 Å². The third-order valence-electron chi connectivity index (χ3n) is 5.38. The predicted octanol–water partition coefficient (Wildman–Crippen LogP) is 3.15. The van der Waals surface area contributed by atoms with Gasteiger partial charge in [0.1, 0.15) is 12.8 Å². The van der Waals surface area contributed by atoms with Gasteiger partial charge in [0.05, 0.1) is 33.5 Å². The Morgan fingerprint density at radius 2 is 1.79 bits per heavy atom. The van der Waals surface area contributed by atoms with Crippen molar-refractivity contribution in [3.8, 4) is 0 Å². The fraction of sp³-hybridized carbons (Fsp3) is 0.588. The summed E-state index contributed by atoms with van der Waals surface area (Å²) in [7, 11) is -0.875. The van der Waals surface area contributed by atoms with Gasteiger partial charge in [0.2, 0.25) is 5.82 Å². The van der Waals surface area contributed by atoms with Gasteiger partial charge in [-0.1, -0.05) is 12.1 Å². The summed E-state index contributed by atoms with van der Waals surface area (Å²) in [4.78, 5) is 0. The summed E-state index contributed by atoms with van der Waals surface area (Å²) >= 11 is 2.58. The van der Waals surface area contributed by atoms with Crippen LogP contribution in [0.4, 0.5) is 19.0 Å². The van der Waals surface area contributed by atoms with Crippen molar-refractivity contribution >= 4 is 53.5 Å². The highest BCUT2D eigenvalue weighted by Crippen LogP contribution is 2.38. The number of fused-ring (bicyclic) bond motifs is 1. The lowest BCUT2D eigenvalue weighted by molar-refractivity contribution is -0.141. The molecule has 0 aliphatic carbocycles. The Kier molecular flexibility index (Phi) is 5.66. The van der Waals surface area contributed by atoms with Gasteiger partial charge in [-0.05, 0) is 53.0 Å². The molecule has 0 spiro atoms. The second kappa shape index (κ2) is 7.26. The van der Waals surface area contributed by atoms with Gasteiger partial charge in [-0.2, -0.15) is 13.2 Å². The van der Waals surface area contributed by atoms with Crippen molar-refractivity contribution in [2.24, 2.45) is 0 Å². The fourth-order valence-corrected chi connectivity index (χ4v) is 3.69. The number of thiol groups is 1. The molecule has 0 saturated carbocycles. The lowest BCUT2D eigenvalue weighted by Gasteiger charge is -2.32. The molecule has 1 fully saturated rings. The van der Waals surface area contributed by atoms with Crippen molar-refractivity contribution in [2.45, 2.75) is 58.5 Å². The molecule has 1 unspecified atom stereocenters. The second-order valence-corrected chi connectivity index (χ2v) is 9.96. The largest absolute Gasteiger partial charge is 0.592 e. The average Bonchev–Trinajstić information content (AvgIpc) is 3.01. The highest BCUT2D eigenvalue weighted by atomic mass is 32.3. The molecule has 29 heavy (non-hydrogen) atoms. The van der Waals surface area contributed by atoms with Crippen molar-refractivity contribution in [2.75, 3.05) is 9.97 Å². The normalized spacial score (nSPS) is 19.8. The van der Waals surface area contributed by atoms with Gasteiger partial charge in [0.15, 0.2) is 0 Å². The molecule has 0 bridgehead atoms. The number of aryl methyl sites for hydroxylation is 1. The number of anilines is 1. The van der Waals surface area contributed by atoms with E-state index in [0.29, 0.717) is 16.4 Å². The lowest BCUT2D eigenvalue weighted by Crippen LogP contribution is -2.41. The van der Waals surface area contributed by atoms with E-state index in [1.807, 2.05) is 27.7 Å². The molecule has 1 aliphatic rings. The summed E-state index contributed by atoms with van der Waals surface area (Å²) in [5.74, 6) is 0.0873. The Morgan fingerprint density at radius 1 is 1.24 bits per heavy atom. The first kappa shape index (κ1) is 22.6. The van der Waals surface area contributed by atoms with E-state index < -0.39 is 42.4 Å². The summed E-state index contributed by atoms with van der Waals surface area (Å²) in [6.45, 7) is 7.91. The number of alkyl halides is 3. The maximum absolute atomic E-state index is 13.3. The fourth-order valence-electron chi connectivity index (χ4n) is 3.18. The van der Waals surface area contributed by atoms with Gasteiger partial charge in [-0.3, -0.25) is 4.68 Å². The quantitative estimate of drug-likeness (QED) is 0.442. The number of rotatable bonds is 4. The molecule has 1 aromatic carbocycles. The van der Waals surface area contributed by atoms with Crippen LogP contribution in [0.1, 0.15) is 33.3 Å². The smallest absolute Gasteiger partial charge is 0.497 e. The van der Waals surface area contributed by atoms with Crippen molar-refractivity contribution < 1.29 is 27.0 Å². The van der Waals surface area contributed by atoms with Crippen LogP contribution in [0.3, 0.4) is 0 Å². The zero-order valence-electron chi connectivity index (χ0n) is 17.0. The molecule has 0 radical (unpaired) electrons. The molecule has 1 aromatic heterocycles. The Morgan fingerprint density at radius 3 is 2.28 bits per heavy atom. The standard InChI is InChI=1S/C17H23BF3N3O3S2/c1-10-7-8-11(18-26-15(2,3)16(4,5)27-18)13-12(10)14(24(28)29(6)25)22-23(13)9-17(19,20)21/h7-8,28H,9H2,1-6H3. The van der Waals surface area contributed by atoms with Gasteiger partial charge in [-0.25, -0.2) is 0 Å². The molecule has 3 rings (SSSR count). The molecule has 1 saturated heterocycles. The Hall–Kier alpha value is -1.08. The van der Waals surface area contributed by atoms with Crippen LogP contribution < -0.4 is 9.17 Å². The summed E-state index contributed by atoms with van der Waals surface area (Å²) in [5.41, 5.74) is 0.00422. The van der Waals surface area contributed by atoms with E-state index in [4.69, 9.17) is 9.31 Å². The van der Waals surface area contributed by atoms with Crippen molar-refractivity contribution in [1.29, 1.82) is 0 Å². The van der Waals surface area contributed by atoms with Crippen molar-refractivity contribution in [3.63, 3.8) is 0 Å². The van der Waals surface area contributed by atoms with E-state index in [1.54, 1.807) is 19.1 Å². The summed E-state index contributed by atoms with van der Waals surface area (Å²) in [5, 5.41) is 4.53. The molecule has 1 atom stereocenters. The third-order valence-corrected chi connectivity index (χ3v) is 6.91. The van der Waals surface area contributed by atoms with Crippen LogP contribution in [0.5, 0.6) is 0 Å². The SMILES string of the molecule is Cc1ccc(B2OC(C)(C)C(C)(C)O2)c2c1c(N(S)[S+](C)[O-])nn2CC(F)(F)F. The van der Waals surface area contributed by atoms with Gasteiger partial charge in [0.25, 0.3) is 0 Å². The average molecular weight is 449 g/mol. The lowest BCUT2D eigenvalue weighted by atomic mass is 9.77. The summed E-state index contributed by atoms with van der Waals surface area (Å²) in [6.07, 6.45) is -3.13. The number of hydrogen-bond donors (Lipinski definition) is 1. The van der Waals surface area contributed by atoms with Gasteiger partial charge in [0, 0.05) is 5.46 Å². The zero-order valence-corrected chi connectivity index (χ0v) is 18.7. The van der Waals surface area contributed by atoms with Crippen LogP contribution >= 0.6 is 12.8 Å². The minimum absolute atomic E-state index is 0.0873. The summed E-state index contributed by atoms with van der Waals surface area (Å²) in [6, 6.07) is 3.44. The van der Waals surface area contributed by atoms with Crippen LogP contribution in [0, 0.1) is 6.92 Å². The van der Waals surface area contributed by atoms with E-state index >= 15 is 0 Å². The highest BCUT2D eigenvalue weighted by Gasteiger charge is 2.52. The third kappa shape index (κ3) is 4.09. The number of benzene rings is 1. The zero-order chi connectivity index (χ0) is 21.9. The molecule has 0 N–H and O–H groups in total. The first-order chi connectivity index (χ1) is 13.1. The molecule has 6 nitrogen and oxygen atoms in total. The molecule has 2 heterocycles. The minimum atomic E-state index is -4.50. The van der Waals surface area contributed by atoms with Crippen LogP contribution in [-0.4, -0.2) is 45.1 Å². The van der Waals surface area contributed by atoms with Crippen LogP contribution in [0.2, 0.25) is 0 Å². The highest BCUT2D eigenvalue weighted by molar-refractivity contribution is 8.05. The maximum atomic E-state index is 13.3. The topological polar surface area (TPSA) is 62.6 Å². The Bertz CT molecular complexity index is 918. The Labute approximate surface area is 176 Å². The number of hydrogen-bond acceptors (Lipinski definition) is 6. The van der Waals surface area contributed by atoms with Crippen molar-refractivity contribution in [1.82, 2.24) is 9.78 Å². The second-order valence-electron chi connectivity index (χ2n) is 8.08. The minimum Gasteiger partial charge on any atom is -0.592 e. The molecular formula is C17H23BF3N3O3S2. The van der Waals surface area contributed by atoms with E-state index in [9.17, 15) is 17.7 Å². The molecule has 160 valence electrons. The van der Waals surface area contributed by atoms with Crippen LogP contribution in [0.25, 0.3) is 10.9 Å². The number of aromatic nitrogens is 2. The van der Waals surface area contributed by atoms with E-state index in [2.05, 4.69) is 17.9 Å². The first-order valence-corrected chi connectivity index (χ1v) is 10.8. The molecular weight excluding hydrogens is 426 g/mol. The summed E-state index contributed by atoms with van der Waals surface area (Å²) < 4.78 is 65.8.